The first kappa shape index (κ1) is 16.5. The smallest absolute Gasteiger partial charge is 0.220 e. The molecule has 0 radical (unpaired) electrons. The summed E-state index contributed by atoms with van der Waals surface area (Å²) in [7, 11) is 0. The van der Waals surface area contributed by atoms with Crippen molar-refractivity contribution in [3.63, 3.8) is 0 Å². The van der Waals surface area contributed by atoms with Crippen molar-refractivity contribution in [1.29, 1.82) is 0 Å². The average molecular weight is 348 g/mol. The molecule has 0 spiro atoms. The van der Waals surface area contributed by atoms with E-state index in [0.717, 1.165) is 10.9 Å². The van der Waals surface area contributed by atoms with Crippen molar-refractivity contribution in [2.24, 2.45) is 11.7 Å². The lowest BCUT2D eigenvalue weighted by molar-refractivity contribution is -0.121. The van der Waals surface area contributed by atoms with E-state index in [1.54, 1.807) is 0 Å². The summed E-state index contributed by atoms with van der Waals surface area (Å²) >= 11 is 3.43. The van der Waals surface area contributed by atoms with Gasteiger partial charge in [0.05, 0.1) is 0 Å². The molecule has 0 saturated heterocycles. The van der Waals surface area contributed by atoms with Crippen LogP contribution < -0.4 is 11.1 Å². The van der Waals surface area contributed by atoms with Gasteiger partial charge in [-0.15, -0.1) is 12.4 Å². The Kier molecular flexibility index (Phi) is 6.83. The fourth-order valence-corrected chi connectivity index (χ4v) is 2.54. The Bertz CT molecular complexity index is 424. The summed E-state index contributed by atoms with van der Waals surface area (Å²) in [6, 6.07) is 8.25. The first-order chi connectivity index (χ1) is 8.69. The lowest BCUT2D eigenvalue weighted by Crippen LogP contribution is -2.41. The van der Waals surface area contributed by atoms with Gasteiger partial charge in [-0.1, -0.05) is 28.1 Å². The van der Waals surface area contributed by atoms with Crippen molar-refractivity contribution >= 4 is 34.2 Å². The maximum atomic E-state index is 11.8. The van der Waals surface area contributed by atoms with E-state index in [1.807, 2.05) is 18.2 Å². The van der Waals surface area contributed by atoms with Crippen molar-refractivity contribution in [3.05, 3.63) is 34.3 Å². The first-order valence-electron chi connectivity index (χ1n) is 6.43. The van der Waals surface area contributed by atoms with Gasteiger partial charge >= 0.3 is 0 Å². The van der Waals surface area contributed by atoms with Crippen LogP contribution >= 0.6 is 28.3 Å². The number of hydrogen-bond donors (Lipinski definition) is 2. The van der Waals surface area contributed by atoms with Gasteiger partial charge in [0, 0.05) is 23.5 Å². The lowest BCUT2D eigenvalue weighted by Gasteiger charge is -2.15. The van der Waals surface area contributed by atoms with Gasteiger partial charge in [0.2, 0.25) is 5.91 Å². The first-order valence-corrected chi connectivity index (χ1v) is 7.22. The molecule has 1 saturated carbocycles. The van der Waals surface area contributed by atoms with Gasteiger partial charge in [-0.05, 0) is 42.9 Å². The van der Waals surface area contributed by atoms with Gasteiger partial charge in [0.15, 0.2) is 0 Å². The summed E-state index contributed by atoms with van der Waals surface area (Å²) in [6.45, 7) is 0.549. The average Bonchev–Trinajstić information content (AvgIpc) is 3.18. The summed E-state index contributed by atoms with van der Waals surface area (Å²) in [6.07, 6.45) is 3.70. The fraction of sp³-hybridized carbons (Fsp3) is 0.500. The molecule has 19 heavy (non-hydrogen) atoms. The summed E-state index contributed by atoms with van der Waals surface area (Å²) in [4.78, 5) is 11.8. The van der Waals surface area contributed by atoms with E-state index in [9.17, 15) is 4.79 Å². The summed E-state index contributed by atoms with van der Waals surface area (Å²) in [5.74, 6) is 0.724. The lowest BCUT2D eigenvalue weighted by atomic mass is 10.1. The van der Waals surface area contributed by atoms with Gasteiger partial charge in [-0.25, -0.2) is 0 Å². The van der Waals surface area contributed by atoms with E-state index in [-0.39, 0.29) is 24.4 Å². The van der Waals surface area contributed by atoms with Gasteiger partial charge in [-0.3, -0.25) is 4.79 Å². The fourth-order valence-electron chi connectivity index (χ4n) is 2.10. The molecule has 0 aromatic heterocycles. The molecule has 1 aromatic carbocycles. The molecule has 2 rings (SSSR count). The number of hydrogen-bond acceptors (Lipinski definition) is 2. The summed E-state index contributed by atoms with van der Waals surface area (Å²) in [5.41, 5.74) is 6.84. The second kappa shape index (κ2) is 7.88. The molecule has 1 fully saturated rings. The number of rotatable bonds is 6. The molecule has 1 amide bonds. The molecule has 1 aliphatic carbocycles. The molecule has 3 nitrogen and oxygen atoms in total. The summed E-state index contributed by atoms with van der Waals surface area (Å²) in [5, 5.41) is 3.04. The molecule has 106 valence electrons. The zero-order chi connectivity index (χ0) is 13.0. The Morgan fingerprint density at radius 2 is 2.21 bits per heavy atom. The van der Waals surface area contributed by atoms with Gasteiger partial charge in [0.25, 0.3) is 0 Å². The molecule has 0 aliphatic heterocycles. The maximum Gasteiger partial charge on any atom is 0.220 e. The SMILES string of the molecule is Cl.NCC(NC(=O)CCc1cccc(Br)c1)C1CC1. The Balaban J connectivity index is 0.00000180. The molecule has 1 aliphatic rings. The predicted octanol–water partition coefficient (Wildman–Crippen LogP) is 2.66. The zero-order valence-corrected chi connectivity index (χ0v) is 13.2. The van der Waals surface area contributed by atoms with Crippen molar-refractivity contribution < 1.29 is 4.79 Å². The normalized spacial score (nSPS) is 15.5. The minimum atomic E-state index is 0. The highest BCUT2D eigenvalue weighted by molar-refractivity contribution is 9.10. The number of benzene rings is 1. The summed E-state index contributed by atoms with van der Waals surface area (Å²) < 4.78 is 1.05. The monoisotopic (exact) mass is 346 g/mol. The largest absolute Gasteiger partial charge is 0.352 e. The molecule has 1 atom stereocenters. The van der Waals surface area contributed by atoms with Crippen LogP contribution in [0, 0.1) is 5.92 Å². The molecule has 3 N–H and O–H groups in total. The number of halogens is 2. The van der Waals surface area contributed by atoms with E-state index in [1.165, 1.54) is 18.4 Å². The quantitative estimate of drug-likeness (QED) is 0.831. The van der Waals surface area contributed by atoms with Crippen LogP contribution in [0.1, 0.15) is 24.8 Å². The molecule has 1 unspecified atom stereocenters. The number of nitrogens with one attached hydrogen (secondary N) is 1. The van der Waals surface area contributed by atoms with E-state index in [4.69, 9.17) is 5.73 Å². The topological polar surface area (TPSA) is 55.1 Å². The molecule has 0 heterocycles. The van der Waals surface area contributed by atoms with Crippen LogP contribution in [0.3, 0.4) is 0 Å². The van der Waals surface area contributed by atoms with Crippen molar-refractivity contribution in [1.82, 2.24) is 5.32 Å². The van der Waals surface area contributed by atoms with Crippen molar-refractivity contribution in [2.75, 3.05) is 6.54 Å². The third-order valence-corrected chi connectivity index (χ3v) is 3.81. The standard InChI is InChI=1S/C14H19BrN2O.ClH/c15-12-3-1-2-10(8-12)4-7-14(18)17-13(9-16)11-5-6-11;/h1-3,8,11,13H,4-7,9,16H2,(H,17,18);1H. The Hall–Kier alpha value is -0.580. The highest BCUT2D eigenvalue weighted by atomic mass is 79.9. The third-order valence-electron chi connectivity index (χ3n) is 3.32. The number of aryl methyl sites for hydroxylation is 1. The second-order valence-electron chi connectivity index (χ2n) is 4.88. The zero-order valence-electron chi connectivity index (χ0n) is 10.8. The number of amides is 1. The Labute approximate surface area is 128 Å². The molecule has 1 aromatic rings. The van der Waals surface area contributed by atoms with Crippen LogP contribution in [0.4, 0.5) is 0 Å². The minimum Gasteiger partial charge on any atom is -0.352 e. The molecular formula is C14H20BrClN2O. The van der Waals surface area contributed by atoms with E-state index >= 15 is 0 Å². The van der Waals surface area contributed by atoms with Crippen molar-refractivity contribution in [3.8, 4) is 0 Å². The minimum absolute atomic E-state index is 0. The number of nitrogens with two attached hydrogens (primary N) is 1. The molecule has 5 heteroatoms. The predicted molar refractivity (Wildman–Crippen MR) is 83.4 cm³/mol. The molecular weight excluding hydrogens is 328 g/mol. The number of carbonyl (C=O) groups is 1. The van der Waals surface area contributed by atoms with Crippen LogP contribution in [0.5, 0.6) is 0 Å². The highest BCUT2D eigenvalue weighted by Gasteiger charge is 2.30. The Morgan fingerprint density at radius 3 is 2.79 bits per heavy atom. The second-order valence-corrected chi connectivity index (χ2v) is 5.79. The van der Waals surface area contributed by atoms with Gasteiger partial charge in [0.1, 0.15) is 0 Å². The van der Waals surface area contributed by atoms with Crippen LogP contribution in [0.2, 0.25) is 0 Å². The Morgan fingerprint density at radius 1 is 1.47 bits per heavy atom. The van der Waals surface area contributed by atoms with Crippen LogP contribution in [-0.4, -0.2) is 18.5 Å². The third kappa shape index (κ3) is 5.51. The van der Waals surface area contributed by atoms with Crippen LogP contribution in [-0.2, 0) is 11.2 Å². The van der Waals surface area contributed by atoms with E-state index in [0.29, 0.717) is 18.9 Å². The van der Waals surface area contributed by atoms with Gasteiger partial charge in [-0.2, -0.15) is 0 Å². The van der Waals surface area contributed by atoms with Crippen LogP contribution in [0.25, 0.3) is 0 Å². The number of carbonyl (C=O) groups excluding carboxylic acids is 1. The maximum absolute atomic E-state index is 11.8. The van der Waals surface area contributed by atoms with Crippen molar-refractivity contribution in [2.45, 2.75) is 31.7 Å². The highest BCUT2D eigenvalue weighted by Crippen LogP contribution is 2.32. The van der Waals surface area contributed by atoms with Gasteiger partial charge < -0.3 is 11.1 Å². The van der Waals surface area contributed by atoms with Crippen LogP contribution in [0.15, 0.2) is 28.7 Å². The van der Waals surface area contributed by atoms with E-state index < -0.39 is 0 Å². The van der Waals surface area contributed by atoms with E-state index in [2.05, 4.69) is 27.3 Å². The molecule has 0 bridgehead atoms.